The van der Waals surface area contributed by atoms with Gasteiger partial charge in [0.15, 0.2) is 0 Å². The number of hydrogen-bond acceptors (Lipinski definition) is 4. The number of rotatable bonds is 10. The summed E-state index contributed by atoms with van der Waals surface area (Å²) in [7, 11) is 0. The molecule has 0 amide bonds. The van der Waals surface area contributed by atoms with Crippen molar-refractivity contribution < 1.29 is 14.6 Å². The monoisotopic (exact) mass is 293 g/mol. The molecule has 0 radical (unpaired) electrons. The Morgan fingerprint density at radius 3 is 2.52 bits per heavy atom. The second-order valence-corrected chi connectivity index (χ2v) is 6.00. The van der Waals surface area contributed by atoms with E-state index in [1.807, 2.05) is 44.2 Å². The lowest BCUT2D eigenvalue weighted by Crippen LogP contribution is -2.50. The summed E-state index contributed by atoms with van der Waals surface area (Å²) in [5.74, 6) is 0. The predicted molar refractivity (Wildman–Crippen MR) is 83.3 cm³/mol. The highest BCUT2D eigenvalue weighted by atomic mass is 16.5. The molecule has 2 N–H and O–H groups in total. The smallest absolute Gasteiger partial charge is 0.0908 e. The van der Waals surface area contributed by atoms with E-state index in [9.17, 15) is 5.11 Å². The second kappa shape index (κ2) is 7.90. The molecule has 1 atom stereocenters. The highest BCUT2D eigenvalue weighted by molar-refractivity contribution is 5.25. The standard InChI is InChI=1S/C17H27NO3/c1-14(2)21-11-10-20-13-17(12-19,18-16-8-9-16)15-6-4-3-5-7-15/h3-7,14,16,18-19H,8-13H2,1-2H3. The highest BCUT2D eigenvalue weighted by Crippen LogP contribution is 2.29. The van der Waals surface area contributed by atoms with Crippen molar-refractivity contribution in [3.05, 3.63) is 35.9 Å². The molecule has 1 aliphatic carbocycles. The average Bonchev–Trinajstić information content (AvgIpc) is 3.30. The fourth-order valence-electron chi connectivity index (χ4n) is 2.36. The van der Waals surface area contributed by atoms with Crippen molar-refractivity contribution in [3.63, 3.8) is 0 Å². The molecule has 21 heavy (non-hydrogen) atoms. The van der Waals surface area contributed by atoms with Crippen LogP contribution in [0.5, 0.6) is 0 Å². The van der Waals surface area contributed by atoms with Crippen LogP contribution in [-0.4, -0.2) is 43.7 Å². The van der Waals surface area contributed by atoms with Gasteiger partial charge in [-0.3, -0.25) is 0 Å². The van der Waals surface area contributed by atoms with Crippen LogP contribution in [0.1, 0.15) is 32.3 Å². The molecule has 2 rings (SSSR count). The van der Waals surface area contributed by atoms with Crippen molar-refractivity contribution in [2.45, 2.75) is 44.4 Å². The highest BCUT2D eigenvalue weighted by Gasteiger charge is 2.37. The van der Waals surface area contributed by atoms with Crippen LogP contribution in [0.25, 0.3) is 0 Å². The van der Waals surface area contributed by atoms with Gasteiger partial charge in [-0.25, -0.2) is 0 Å². The lowest BCUT2D eigenvalue weighted by molar-refractivity contribution is -0.0130. The van der Waals surface area contributed by atoms with Crippen molar-refractivity contribution in [2.24, 2.45) is 0 Å². The first kappa shape index (κ1) is 16.4. The third-order valence-electron chi connectivity index (χ3n) is 3.68. The van der Waals surface area contributed by atoms with Gasteiger partial charge in [-0.15, -0.1) is 0 Å². The average molecular weight is 293 g/mol. The molecule has 1 aromatic carbocycles. The van der Waals surface area contributed by atoms with E-state index in [-0.39, 0.29) is 12.7 Å². The van der Waals surface area contributed by atoms with Crippen molar-refractivity contribution in [1.82, 2.24) is 5.32 Å². The normalized spacial score (nSPS) is 17.9. The molecule has 0 spiro atoms. The van der Waals surface area contributed by atoms with E-state index in [0.717, 1.165) is 5.56 Å². The molecule has 1 aromatic rings. The molecule has 1 unspecified atom stereocenters. The lowest BCUT2D eigenvalue weighted by Gasteiger charge is -2.33. The summed E-state index contributed by atoms with van der Waals surface area (Å²) in [6, 6.07) is 10.6. The molecule has 0 aromatic heterocycles. The maximum atomic E-state index is 9.98. The quantitative estimate of drug-likeness (QED) is 0.648. The SMILES string of the molecule is CC(C)OCCOCC(CO)(NC1CC1)c1ccccc1. The predicted octanol–water partition coefficient (Wildman–Crippen LogP) is 2.07. The molecule has 1 fully saturated rings. The van der Waals surface area contributed by atoms with Crippen molar-refractivity contribution >= 4 is 0 Å². The van der Waals surface area contributed by atoms with Gasteiger partial charge >= 0.3 is 0 Å². The van der Waals surface area contributed by atoms with Gasteiger partial charge in [0.05, 0.1) is 38.1 Å². The van der Waals surface area contributed by atoms with Crippen molar-refractivity contribution in [1.29, 1.82) is 0 Å². The Hall–Kier alpha value is -0.940. The number of nitrogens with one attached hydrogen (secondary N) is 1. The molecule has 1 aliphatic rings. The molecular weight excluding hydrogens is 266 g/mol. The number of hydrogen-bond donors (Lipinski definition) is 2. The number of benzene rings is 1. The third kappa shape index (κ3) is 5.08. The number of aliphatic hydroxyl groups is 1. The van der Waals surface area contributed by atoms with Crippen molar-refractivity contribution in [2.75, 3.05) is 26.4 Å². The van der Waals surface area contributed by atoms with Crippen molar-refractivity contribution in [3.8, 4) is 0 Å². The maximum Gasteiger partial charge on any atom is 0.0908 e. The van der Waals surface area contributed by atoms with E-state index in [0.29, 0.717) is 25.9 Å². The minimum atomic E-state index is -0.514. The van der Waals surface area contributed by atoms with E-state index in [1.54, 1.807) is 0 Å². The summed E-state index contributed by atoms with van der Waals surface area (Å²) in [5.41, 5.74) is 0.560. The molecule has 0 saturated heterocycles. The fourth-order valence-corrected chi connectivity index (χ4v) is 2.36. The number of ether oxygens (including phenoxy) is 2. The largest absolute Gasteiger partial charge is 0.394 e. The van der Waals surface area contributed by atoms with Gasteiger partial charge in [-0.05, 0) is 32.3 Å². The lowest BCUT2D eigenvalue weighted by atomic mass is 9.91. The van der Waals surface area contributed by atoms with Gasteiger partial charge in [0.2, 0.25) is 0 Å². The molecule has 0 aliphatic heterocycles. The van der Waals surface area contributed by atoms with E-state index < -0.39 is 5.54 Å². The zero-order chi connectivity index (χ0) is 15.1. The van der Waals surface area contributed by atoms with Crippen LogP contribution in [0.3, 0.4) is 0 Å². The van der Waals surface area contributed by atoms with Crippen LogP contribution in [-0.2, 0) is 15.0 Å². The van der Waals surface area contributed by atoms with Gasteiger partial charge in [-0.1, -0.05) is 30.3 Å². The van der Waals surface area contributed by atoms with E-state index in [1.165, 1.54) is 12.8 Å². The Balaban J connectivity index is 1.94. The molecule has 0 bridgehead atoms. The van der Waals surface area contributed by atoms with Gasteiger partial charge in [-0.2, -0.15) is 0 Å². The van der Waals surface area contributed by atoms with Gasteiger partial charge in [0, 0.05) is 6.04 Å². The Morgan fingerprint density at radius 2 is 1.95 bits per heavy atom. The minimum absolute atomic E-state index is 0.0263. The van der Waals surface area contributed by atoms with Crippen LogP contribution >= 0.6 is 0 Å². The molecule has 4 nitrogen and oxygen atoms in total. The van der Waals surface area contributed by atoms with Gasteiger partial charge in [0.25, 0.3) is 0 Å². The summed E-state index contributed by atoms with van der Waals surface area (Å²) >= 11 is 0. The zero-order valence-electron chi connectivity index (χ0n) is 13.0. The third-order valence-corrected chi connectivity index (χ3v) is 3.68. The molecular formula is C17H27NO3. The van der Waals surface area contributed by atoms with Gasteiger partial charge in [0.1, 0.15) is 0 Å². The molecule has 4 heteroatoms. The van der Waals surface area contributed by atoms with E-state index >= 15 is 0 Å². The van der Waals surface area contributed by atoms with Crippen LogP contribution in [0.4, 0.5) is 0 Å². The summed E-state index contributed by atoms with van der Waals surface area (Å²) in [5, 5.41) is 13.5. The fraction of sp³-hybridized carbons (Fsp3) is 0.647. The Kier molecular flexibility index (Phi) is 6.18. The van der Waals surface area contributed by atoms with Gasteiger partial charge < -0.3 is 19.9 Å². The van der Waals surface area contributed by atoms with Crippen LogP contribution < -0.4 is 5.32 Å². The molecule has 118 valence electrons. The first-order valence-electron chi connectivity index (χ1n) is 7.80. The summed E-state index contributed by atoms with van der Waals surface area (Å²) in [6.07, 6.45) is 2.56. The number of aliphatic hydroxyl groups excluding tert-OH is 1. The molecule has 1 saturated carbocycles. The Labute approximate surface area is 127 Å². The Morgan fingerprint density at radius 1 is 1.24 bits per heavy atom. The van der Waals surface area contributed by atoms with E-state index in [2.05, 4.69) is 5.32 Å². The van der Waals surface area contributed by atoms with E-state index in [4.69, 9.17) is 9.47 Å². The van der Waals surface area contributed by atoms with Crippen LogP contribution in [0, 0.1) is 0 Å². The summed E-state index contributed by atoms with van der Waals surface area (Å²) in [4.78, 5) is 0. The first-order valence-corrected chi connectivity index (χ1v) is 7.80. The Bertz CT molecular complexity index is 406. The van der Waals surface area contributed by atoms with Crippen LogP contribution in [0.15, 0.2) is 30.3 Å². The zero-order valence-corrected chi connectivity index (χ0v) is 13.0. The molecule has 0 heterocycles. The first-order chi connectivity index (χ1) is 10.2. The minimum Gasteiger partial charge on any atom is -0.394 e. The summed E-state index contributed by atoms with van der Waals surface area (Å²) in [6.45, 7) is 5.62. The summed E-state index contributed by atoms with van der Waals surface area (Å²) < 4.78 is 11.3. The topological polar surface area (TPSA) is 50.7 Å². The maximum absolute atomic E-state index is 9.98. The van der Waals surface area contributed by atoms with Crippen LogP contribution in [0.2, 0.25) is 0 Å². The second-order valence-electron chi connectivity index (χ2n) is 6.00.